The predicted octanol–water partition coefficient (Wildman–Crippen LogP) is 7.38. The highest BCUT2D eigenvalue weighted by Gasteiger charge is 2.26. The molecule has 2 aromatic carbocycles. The van der Waals surface area contributed by atoms with Crippen molar-refractivity contribution in [3.05, 3.63) is 71.3 Å². The molecular weight excluding hydrogens is 486 g/mol. The Hall–Kier alpha value is -2.99. The van der Waals surface area contributed by atoms with Crippen molar-refractivity contribution in [2.45, 2.75) is 84.6 Å². The number of carbonyl (C=O) groups is 1. The molecule has 0 radical (unpaired) electrons. The monoisotopic (exact) mass is 525 g/mol. The van der Waals surface area contributed by atoms with Gasteiger partial charge in [-0.25, -0.2) is 4.98 Å². The lowest BCUT2D eigenvalue weighted by atomic mass is 9.85. The van der Waals surface area contributed by atoms with Gasteiger partial charge in [0, 0.05) is 36.6 Å². The Morgan fingerprint density at radius 2 is 1.97 bits per heavy atom. The molecule has 37 heavy (non-hydrogen) atoms. The summed E-state index contributed by atoms with van der Waals surface area (Å²) in [5.74, 6) is 2.63. The summed E-state index contributed by atoms with van der Waals surface area (Å²) < 4.78 is 13.5. The number of carbonyl (C=O) groups excluding carboxylic acids is 1. The van der Waals surface area contributed by atoms with Gasteiger partial charge in [0.05, 0.1) is 0 Å². The van der Waals surface area contributed by atoms with E-state index in [-0.39, 0.29) is 36.4 Å². The van der Waals surface area contributed by atoms with Gasteiger partial charge in [0.2, 0.25) is 12.7 Å². The SMILES string of the molecule is CCCCCC(CC(=O)Nc1cc(Cn2ccnc2C)ccc1C(C)(C)C)c1cccc2c1OCO2.Cl. The average Bonchev–Trinajstić information content (AvgIpc) is 3.47. The van der Waals surface area contributed by atoms with Gasteiger partial charge in [-0.2, -0.15) is 0 Å². The number of imidazole rings is 1. The van der Waals surface area contributed by atoms with Crippen molar-refractivity contribution in [2.24, 2.45) is 0 Å². The number of amides is 1. The van der Waals surface area contributed by atoms with Gasteiger partial charge < -0.3 is 19.4 Å². The van der Waals surface area contributed by atoms with Gasteiger partial charge in [-0.1, -0.05) is 71.2 Å². The number of anilines is 1. The van der Waals surface area contributed by atoms with Gasteiger partial charge in [0.1, 0.15) is 5.82 Å². The topological polar surface area (TPSA) is 65.4 Å². The highest BCUT2D eigenvalue weighted by atomic mass is 35.5. The maximum Gasteiger partial charge on any atom is 0.231 e. The minimum atomic E-state index is -0.0992. The highest BCUT2D eigenvalue weighted by molar-refractivity contribution is 5.92. The van der Waals surface area contributed by atoms with Gasteiger partial charge in [-0.15, -0.1) is 12.4 Å². The number of rotatable bonds is 10. The van der Waals surface area contributed by atoms with E-state index in [1.54, 1.807) is 0 Å². The van der Waals surface area contributed by atoms with Crippen LogP contribution in [0.5, 0.6) is 11.5 Å². The maximum absolute atomic E-state index is 13.5. The molecule has 2 heterocycles. The summed E-state index contributed by atoms with van der Waals surface area (Å²) in [5.41, 5.74) is 4.11. The molecule has 1 unspecified atom stereocenters. The second-order valence-electron chi connectivity index (χ2n) is 10.8. The molecule has 1 aliphatic rings. The zero-order valence-electron chi connectivity index (χ0n) is 22.7. The number of nitrogens with zero attached hydrogens (tertiary/aromatic N) is 2. The number of hydrogen-bond donors (Lipinski definition) is 1. The minimum absolute atomic E-state index is 0. The minimum Gasteiger partial charge on any atom is -0.454 e. The number of aromatic nitrogens is 2. The number of ether oxygens (including phenoxy) is 2. The van der Waals surface area contributed by atoms with Crippen molar-refractivity contribution in [1.82, 2.24) is 9.55 Å². The highest BCUT2D eigenvalue weighted by Crippen LogP contribution is 2.42. The molecule has 3 aromatic rings. The van der Waals surface area contributed by atoms with Crippen LogP contribution >= 0.6 is 12.4 Å². The number of aryl methyl sites for hydroxylation is 1. The quantitative estimate of drug-likeness (QED) is 0.280. The molecule has 0 fully saturated rings. The molecule has 1 amide bonds. The molecule has 1 N–H and O–H groups in total. The van der Waals surface area contributed by atoms with Crippen LogP contribution in [0.2, 0.25) is 0 Å². The van der Waals surface area contributed by atoms with Gasteiger partial charge in [0.15, 0.2) is 11.5 Å². The summed E-state index contributed by atoms with van der Waals surface area (Å²) in [5, 5.41) is 3.27. The zero-order chi connectivity index (χ0) is 25.7. The average molecular weight is 526 g/mol. The molecule has 0 spiro atoms. The molecule has 7 heteroatoms. The standard InChI is InChI=1S/C30H39N3O3.ClH/c1-6-7-8-10-23(24-11-9-12-27-29(24)36-20-35-27)18-28(34)32-26-17-22(13-14-25(26)30(3,4)5)19-33-16-15-31-21(33)2;/h9,11-17,23H,6-8,10,18-20H2,1-5H3,(H,32,34);1H. The first-order chi connectivity index (χ1) is 17.3. The van der Waals surface area contributed by atoms with Crippen LogP contribution < -0.4 is 14.8 Å². The van der Waals surface area contributed by atoms with Crippen molar-refractivity contribution in [1.29, 1.82) is 0 Å². The summed E-state index contributed by atoms with van der Waals surface area (Å²) in [6.07, 6.45) is 8.50. The van der Waals surface area contributed by atoms with Gasteiger partial charge in [-0.05, 0) is 47.9 Å². The first-order valence-corrected chi connectivity index (χ1v) is 13.1. The number of hydrogen-bond acceptors (Lipinski definition) is 4. The number of unbranched alkanes of at least 4 members (excludes halogenated alkanes) is 2. The molecule has 200 valence electrons. The third-order valence-electron chi connectivity index (χ3n) is 6.90. The Balaban J connectivity index is 0.00000380. The second kappa shape index (κ2) is 12.5. The number of nitrogens with one attached hydrogen (secondary N) is 1. The molecule has 1 aromatic heterocycles. The number of fused-ring (bicyclic) bond motifs is 1. The lowest BCUT2D eigenvalue weighted by Gasteiger charge is -2.25. The molecule has 0 bridgehead atoms. The van der Waals surface area contributed by atoms with Gasteiger partial charge in [0.25, 0.3) is 0 Å². The summed E-state index contributed by atoms with van der Waals surface area (Å²) in [6.45, 7) is 11.7. The summed E-state index contributed by atoms with van der Waals surface area (Å²) in [7, 11) is 0. The smallest absolute Gasteiger partial charge is 0.231 e. The molecule has 0 saturated carbocycles. The second-order valence-corrected chi connectivity index (χ2v) is 10.8. The van der Waals surface area contributed by atoms with Crippen molar-refractivity contribution < 1.29 is 14.3 Å². The van der Waals surface area contributed by atoms with Crippen molar-refractivity contribution >= 4 is 24.0 Å². The van der Waals surface area contributed by atoms with Gasteiger partial charge in [-0.3, -0.25) is 4.79 Å². The maximum atomic E-state index is 13.5. The van der Waals surface area contributed by atoms with Crippen molar-refractivity contribution in [2.75, 3.05) is 12.1 Å². The summed E-state index contributed by atoms with van der Waals surface area (Å²) in [4.78, 5) is 17.8. The number of halogens is 1. The van der Waals surface area contributed by atoms with Crippen LogP contribution in [0, 0.1) is 6.92 Å². The third-order valence-corrected chi connectivity index (χ3v) is 6.90. The van der Waals surface area contributed by atoms with Crippen LogP contribution in [-0.2, 0) is 16.8 Å². The van der Waals surface area contributed by atoms with E-state index in [1.165, 1.54) is 0 Å². The fraction of sp³-hybridized carbons (Fsp3) is 0.467. The van der Waals surface area contributed by atoms with Crippen LogP contribution in [0.3, 0.4) is 0 Å². The summed E-state index contributed by atoms with van der Waals surface area (Å²) >= 11 is 0. The Morgan fingerprint density at radius 1 is 1.16 bits per heavy atom. The van der Waals surface area contributed by atoms with Crippen molar-refractivity contribution in [3.8, 4) is 11.5 Å². The Morgan fingerprint density at radius 3 is 2.68 bits per heavy atom. The first-order valence-electron chi connectivity index (χ1n) is 13.1. The van der Waals surface area contributed by atoms with Crippen molar-refractivity contribution in [3.63, 3.8) is 0 Å². The fourth-order valence-electron chi connectivity index (χ4n) is 4.92. The van der Waals surface area contributed by atoms with Crippen LogP contribution in [0.4, 0.5) is 5.69 Å². The van der Waals surface area contributed by atoms with E-state index >= 15 is 0 Å². The summed E-state index contributed by atoms with van der Waals surface area (Å²) in [6, 6.07) is 12.4. The normalized spacial score (nSPS) is 13.2. The largest absolute Gasteiger partial charge is 0.454 e. The van der Waals surface area contributed by atoms with Crippen LogP contribution in [0.1, 0.15) is 88.2 Å². The van der Waals surface area contributed by atoms with E-state index in [2.05, 4.69) is 66.8 Å². The van der Waals surface area contributed by atoms with E-state index in [0.29, 0.717) is 13.0 Å². The fourth-order valence-corrected chi connectivity index (χ4v) is 4.92. The lowest BCUT2D eigenvalue weighted by Crippen LogP contribution is -2.21. The lowest BCUT2D eigenvalue weighted by molar-refractivity contribution is -0.116. The molecule has 0 aliphatic carbocycles. The van der Waals surface area contributed by atoms with Gasteiger partial charge >= 0.3 is 0 Å². The Bertz CT molecular complexity index is 1200. The Kier molecular flexibility index (Phi) is 9.66. The van der Waals surface area contributed by atoms with E-state index in [0.717, 1.165) is 65.4 Å². The molecule has 1 atom stereocenters. The predicted molar refractivity (Wildman–Crippen MR) is 151 cm³/mol. The van der Waals surface area contributed by atoms with E-state index in [1.807, 2.05) is 31.5 Å². The molecule has 1 aliphatic heterocycles. The Labute approximate surface area is 227 Å². The number of benzene rings is 2. The van der Waals surface area contributed by atoms with Crippen LogP contribution in [0.25, 0.3) is 0 Å². The molecular formula is C30H40ClN3O3. The zero-order valence-corrected chi connectivity index (χ0v) is 23.5. The molecule has 4 rings (SSSR count). The van der Waals surface area contributed by atoms with Crippen LogP contribution in [0.15, 0.2) is 48.8 Å². The molecule has 0 saturated heterocycles. The van der Waals surface area contributed by atoms with E-state index < -0.39 is 0 Å². The first kappa shape index (κ1) is 28.6. The van der Waals surface area contributed by atoms with E-state index in [4.69, 9.17) is 9.47 Å². The molecule has 6 nitrogen and oxygen atoms in total. The number of para-hydroxylation sites is 1. The van der Waals surface area contributed by atoms with E-state index in [9.17, 15) is 4.79 Å². The third kappa shape index (κ3) is 7.07. The van der Waals surface area contributed by atoms with Crippen LogP contribution in [-0.4, -0.2) is 22.3 Å².